The minimum Gasteiger partial charge on any atom is -0.350 e. The lowest BCUT2D eigenvalue weighted by Gasteiger charge is -2.14. The first-order valence-electron chi connectivity index (χ1n) is 10.3. The number of halogens is 2. The molecule has 33 heavy (non-hydrogen) atoms. The fourth-order valence-corrected chi connectivity index (χ4v) is 3.18. The molecule has 0 bridgehead atoms. The molecule has 1 unspecified atom stereocenters. The SMILES string of the molecule is CC(NC(=O)CCc1ccc(F)cc1)c1ccccc1.O=c1[nH]c(=O)c2cc(F)ccc2[nH]1. The molecule has 4 aromatic rings. The zero-order valence-electron chi connectivity index (χ0n) is 17.9. The van der Waals surface area contributed by atoms with Crippen molar-refractivity contribution in [2.45, 2.75) is 25.8 Å². The normalized spacial score (nSPS) is 11.4. The summed E-state index contributed by atoms with van der Waals surface area (Å²) in [6, 6.07) is 19.7. The Morgan fingerprint density at radius 3 is 2.27 bits per heavy atom. The molecule has 3 aromatic carbocycles. The topological polar surface area (TPSA) is 94.8 Å². The summed E-state index contributed by atoms with van der Waals surface area (Å²) in [5.41, 5.74) is 1.20. The summed E-state index contributed by atoms with van der Waals surface area (Å²) >= 11 is 0. The third-order valence-electron chi connectivity index (χ3n) is 4.93. The van der Waals surface area contributed by atoms with Gasteiger partial charge in [0.05, 0.1) is 16.9 Å². The van der Waals surface area contributed by atoms with Crippen molar-refractivity contribution in [1.82, 2.24) is 15.3 Å². The van der Waals surface area contributed by atoms with Crippen LogP contribution < -0.4 is 16.6 Å². The number of hydrogen-bond acceptors (Lipinski definition) is 3. The van der Waals surface area contributed by atoms with E-state index in [1.807, 2.05) is 42.2 Å². The standard InChI is InChI=1S/C17H18FNO.C8H5FN2O2/c1-13(15-5-3-2-4-6-15)19-17(20)12-9-14-7-10-16(18)11-8-14;9-4-1-2-6-5(3-4)7(12)11-8(13)10-6/h2-8,10-11,13H,9,12H2,1H3,(H,19,20);1-3H,(H2,10,11,12,13). The van der Waals surface area contributed by atoms with Gasteiger partial charge in [0.2, 0.25) is 5.91 Å². The molecule has 0 aliphatic heterocycles. The molecule has 0 fully saturated rings. The summed E-state index contributed by atoms with van der Waals surface area (Å²) in [5, 5.41) is 3.10. The fourth-order valence-electron chi connectivity index (χ4n) is 3.18. The van der Waals surface area contributed by atoms with Gasteiger partial charge < -0.3 is 10.3 Å². The van der Waals surface area contributed by atoms with Crippen molar-refractivity contribution in [1.29, 1.82) is 0 Å². The Bertz CT molecular complexity index is 1330. The van der Waals surface area contributed by atoms with Gasteiger partial charge in [-0.05, 0) is 54.8 Å². The van der Waals surface area contributed by atoms with E-state index in [0.717, 1.165) is 17.2 Å². The molecule has 3 N–H and O–H groups in total. The van der Waals surface area contributed by atoms with Crippen molar-refractivity contribution >= 4 is 16.8 Å². The Labute approximate surface area is 188 Å². The second kappa shape index (κ2) is 11.0. The fraction of sp³-hybridized carbons (Fsp3) is 0.160. The van der Waals surface area contributed by atoms with E-state index < -0.39 is 17.1 Å². The van der Waals surface area contributed by atoms with Gasteiger partial charge in [0.1, 0.15) is 11.6 Å². The Kier molecular flexibility index (Phi) is 7.86. The third-order valence-corrected chi connectivity index (χ3v) is 4.93. The maximum Gasteiger partial charge on any atom is 0.326 e. The lowest BCUT2D eigenvalue weighted by molar-refractivity contribution is -0.121. The quantitative estimate of drug-likeness (QED) is 0.428. The number of benzene rings is 3. The molecule has 1 atom stereocenters. The molecule has 0 spiro atoms. The van der Waals surface area contributed by atoms with Gasteiger partial charge in [-0.15, -0.1) is 0 Å². The number of fused-ring (bicyclic) bond motifs is 1. The van der Waals surface area contributed by atoms with Gasteiger partial charge in [-0.25, -0.2) is 13.6 Å². The third kappa shape index (κ3) is 6.96. The van der Waals surface area contributed by atoms with Crippen molar-refractivity contribution in [3.63, 3.8) is 0 Å². The van der Waals surface area contributed by atoms with Crippen molar-refractivity contribution in [2.24, 2.45) is 0 Å². The molecule has 0 saturated carbocycles. The van der Waals surface area contributed by atoms with Crippen LogP contribution in [-0.4, -0.2) is 15.9 Å². The van der Waals surface area contributed by atoms with Gasteiger partial charge >= 0.3 is 5.69 Å². The van der Waals surface area contributed by atoms with Crippen molar-refractivity contribution in [2.75, 3.05) is 0 Å². The van der Waals surface area contributed by atoms with Crippen molar-refractivity contribution in [3.05, 3.63) is 116 Å². The highest BCUT2D eigenvalue weighted by atomic mass is 19.1. The van der Waals surface area contributed by atoms with Crippen LogP contribution in [0.15, 0.2) is 82.4 Å². The molecule has 0 aliphatic rings. The number of hydrogen-bond donors (Lipinski definition) is 3. The van der Waals surface area contributed by atoms with Crippen LogP contribution in [0.25, 0.3) is 10.9 Å². The van der Waals surface area contributed by atoms with E-state index >= 15 is 0 Å². The number of carbonyl (C=O) groups excluding carboxylic acids is 1. The number of aromatic amines is 2. The Hall–Kier alpha value is -4.07. The van der Waals surface area contributed by atoms with Crippen LogP contribution in [0.2, 0.25) is 0 Å². The minimum absolute atomic E-state index is 0.00285. The molecule has 170 valence electrons. The lowest BCUT2D eigenvalue weighted by atomic mass is 10.1. The second-order valence-electron chi connectivity index (χ2n) is 7.42. The zero-order valence-corrected chi connectivity index (χ0v) is 17.9. The second-order valence-corrected chi connectivity index (χ2v) is 7.42. The Morgan fingerprint density at radius 2 is 1.58 bits per heavy atom. The summed E-state index contributed by atoms with van der Waals surface area (Å²) in [6.45, 7) is 1.96. The minimum atomic E-state index is -0.593. The number of H-pyrrole nitrogens is 2. The first-order valence-corrected chi connectivity index (χ1v) is 10.3. The summed E-state index contributed by atoms with van der Waals surface area (Å²) in [7, 11) is 0. The van der Waals surface area contributed by atoms with Crippen LogP contribution in [0.3, 0.4) is 0 Å². The van der Waals surface area contributed by atoms with Crippen LogP contribution in [0.1, 0.15) is 30.5 Å². The summed E-state index contributed by atoms with van der Waals surface area (Å²) in [6.07, 6.45) is 1.02. The molecule has 0 aliphatic carbocycles. The van der Waals surface area contributed by atoms with E-state index in [-0.39, 0.29) is 23.2 Å². The van der Waals surface area contributed by atoms with E-state index in [2.05, 4.69) is 10.3 Å². The number of amides is 1. The van der Waals surface area contributed by atoms with Crippen LogP contribution in [0.4, 0.5) is 8.78 Å². The Balaban J connectivity index is 0.000000203. The summed E-state index contributed by atoms with van der Waals surface area (Å²) in [5.74, 6) is -0.758. The van der Waals surface area contributed by atoms with E-state index in [9.17, 15) is 23.2 Å². The molecule has 8 heteroatoms. The lowest BCUT2D eigenvalue weighted by Crippen LogP contribution is -2.26. The number of aryl methyl sites for hydroxylation is 1. The zero-order chi connectivity index (χ0) is 23.8. The molecule has 0 saturated heterocycles. The van der Waals surface area contributed by atoms with Crippen LogP contribution in [0, 0.1) is 11.6 Å². The van der Waals surface area contributed by atoms with E-state index in [0.29, 0.717) is 18.4 Å². The predicted octanol–water partition coefficient (Wildman–Crippen LogP) is 3.99. The summed E-state index contributed by atoms with van der Waals surface area (Å²) < 4.78 is 25.4. The molecule has 4 rings (SSSR count). The van der Waals surface area contributed by atoms with Gasteiger partial charge in [-0.1, -0.05) is 42.5 Å². The first-order chi connectivity index (χ1) is 15.8. The molecule has 1 aromatic heterocycles. The molecular weight excluding hydrogens is 428 g/mol. The van der Waals surface area contributed by atoms with Gasteiger partial charge in [-0.2, -0.15) is 0 Å². The molecule has 6 nitrogen and oxygen atoms in total. The maximum atomic E-state index is 12.8. The number of carbonyl (C=O) groups is 1. The number of rotatable bonds is 5. The van der Waals surface area contributed by atoms with Gasteiger partial charge in [0, 0.05) is 6.42 Å². The molecule has 1 amide bonds. The van der Waals surface area contributed by atoms with E-state index in [1.54, 1.807) is 12.1 Å². The highest BCUT2D eigenvalue weighted by molar-refractivity contribution is 5.77. The summed E-state index contributed by atoms with van der Waals surface area (Å²) in [4.78, 5) is 38.2. The number of nitrogens with one attached hydrogen (secondary N) is 3. The highest BCUT2D eigenvalue weighted by Gasteiger charge is 2.09. The van der Waals surface area contributed by atoms with Crippen molar-refractivity contribution in [3.8, 4) is 0 Å². The van der Waals surface area contributed by atoms with Crippen molar-refractivity contribution < 1.29 is 13.6 Å². The molecular formula is C25H23F2N3O3. The molecule has 1 heterocycles. The van der Waals surface area contributed by atoms with E-state index in [4.69, 9.17) is 0 Å². The molecule has 0 radical (unpaired) electrons. The van der Waals surface area contributed by atoms with Gasteiger partial charge in [0.25, 0.3) is 5.56 Å². The predicted molar refractivity (Wildman–Crippen MR) is 123 cm³/mol. The first kappa shape index (κ1) is 23.6. The van der Waals surface area contributed by atoms with Crippen LogP contribution in [0.5, 0.6) is 0 Å². The van der Waals surface area contributed by atoms with Crippen LogP contribution >= 0.6 is 0 Å². The smallest absolute Gasteiger partial charge is 0.326 e. The van der Waals surface area contributed by atoms with Crippen LogP contribution in [-0.2, 0) is 11.2 Å². The Morgan fingerprint density at radius 1 is 0.909 bits per heavy atom. The van der Waals surface area contributed by atoms with Gasteiger partial charge in [0.15, 0.2) is 0 Å². The largest absolute Gasteiger partial charge is 0.350 e. The highest BCUT2D eigenvalue weighted by Crippen LogP contribution is 2.12. The average molecular weight is 451 g/mol. The van der Waals surface area contributed by atoms with E-state index in [1.165, 1.54) is 24.3 Å². The number of aromatic nitrogens is 2. The maximum absolute atomic E-state index is 12.8. The average Bonchev–Trinajstić information content (AvgIpc) is 2.80. The van der Waals surface area contributed by atoms with Gasteiger partial charge in [-0.3, -0.25) is 14.6 Å². The monoisotopic (exact) mass is 451 g/mol.